The molecular formula is C14H13F5O4. The summed E-state index contributed by atoms with van der Waals surface area (Å²) in [5.41, 5.74) is -0.182. The minimum Gasteiger partial charge on any atom is -0.493 e. The molecule has 1 saturated heterocycles. The molecule has 1 aliphatic rings. The van der Waals surface area contributed by atoms with E-state index in [2.05, 4.69) is 4.74 Å². The van der Waals surface area contributed by atoms with Crippen molar-refractivity contribution >= 4 is 5.97 Å². The third-order valence-electron chi connectivity index (χ3n) is 3.87. The number of carboxylic acid groups (broad SMARTS) is 1. The Labute approximate surface area is 127 Å². The lowest BCUT2D eigenvalue weighted by Crippen LogP contribution is -2.33. The SMILES string of the molecule is COc1c(C2C(C(=O)O)OC(C(F)(F)F)C2C)ccc(F)c1F. The van der Waals surface area contributed by atoms with E-state index < -0.39 is 53.6 Å². The number of carboxylic acids is 1. The van der Waals surface area contributed by atoms with Gasteiger partial charge in [0, 0.05) is 17.4 Å². The molecule has 0 radical (unpaired) electrons. The molecule has 23 heavy (non-hydrogen) atoms. The lowest BCUT2D eigenvalue weighted by molar-refractivity contribution is -0.224. The van der Waals surface area contributed by atoms with Gasteiger partial charge in [-0.05, 0) is 6.07 Å². The summed E-state index contributed by atoms with van der Waals surface area (Å²) in [6, 6.07) is 1.72. The highest BCUT2D eigenvalue weighted by Crippen LogP contribution is 2.48. The Morgan fingerprint density at radius 3 is 2.39 bits per heavy atom. The van der Waals surface area contributed by atoms with E-state index in [1.807, 2.05) is 0 Å². The molecule has 1 aromatic carbocycles. The van der Waals surface area contributed by atoms with Crippen LogP contribution in [0.15, 0.2) is 12.1 Å². The Morgan fingerprint density at radius 1 is 1.30 bits per heavy atom. The van der Waals surface area contributed by atoms with Crippen molar-refractivity contribution in [1.82, 2.24) is 0 Å². The van der Waals surface area contributed by atoms with E-state index in [0.717, 1.165) is 20.1 Å². The first-order valence-electron chi connectivity index (χ1n) is 6.56. The fraction of sp³-hybridized carbons (Fsp3) is 0.500. The van der Waals surface area contributed by atoms with Gasteiger partial charge < -0.3 is 14.6 Å². The van der Waals surface area contributed by atoms with Crippen LogP contribution in [0, 0.1) is 17.6 Å². The van der Waals surface area contributed by atoms with Crippen molar-refractivity contribution in [1.29, 1.82) is 0 Å². The van der Waals surface area contributed by atoms with E-state index in [-0.39, 0.29) is 5.56 Å². The van der Waals surface area contributed by atoms with Crippen LogP contribution in [0.3, 0.4) is 0 Å². The summed E-state index contributed by atoms with van der Waals surface area (Å²) in [6.07, 6.45) is -8.96. The average Bonchev–Trinajstić information content (AvgIpc) is 2.79. The van der Waals surface area contributed by atoms with Crippen LogP contribution in [0.5, 0.6) is 5.75 Å². The zero-order valence-electron chi connectivity index (χ0n) is 12.0. The van der Waals surface area contributed by atoms with E-state index in [9.17, 15) is 26.7 Å². The minimum absolute atomic E-state index is 0.182. The monoisotopic (exact) mass is 340 g/mol. The average molecular weight is 340 g/mol. The number of aliphatic carboxylic acids is 1. The molecule has 1 heterocycles. The molecule has 0 aromatic heterocycles. The van der Waals surface area contributed by atoms with Gasteiger partial charge in [0.1, 0.15) is 0 Å². The van der Waals surface area contributed by atoms with E-state index in [1.165, 1.54) is 0 Å². The maximum atomic E-state index is 13.8. The second kappa shape index (κ2) is 5.95. The smallest absolute Gasteiger partial charge is 0.414 e. The van der Waals surface area contributed by atoms with E-state index >= 15 is 0 Å². The van der Waals surface area contributed by atoms with E-state index in [1.54, 1.807) is 0 Å². The fourth-order valence-electron chi connectivity index (χ4n) is 2.88. The lowest BCUT2D eigenvalue weighted by atomic mass is 9.82. The minimum atomic E-state index is -4.78. The maximum Gasteiger partial charge on any atom is 0.414 e. The lowest BCUT2D eigenvalue weighted by Gasteiger charge is -2.23. The van der Waals surface area contributed by atoms with Crippen LogP contribution >= 0.6 is 0 Å². The number of benzene rings is 1. The standard InChI is InChI=1S/C14H13F5O4/c1-5-8(6-3-4-7(15)9(16)10(6)22-2)11(13(20)21)23-12(5)14(17,18)19/h3-5,8,11-12H,1-2H3,(H,20,21). The highest BCUT2D eigenvalue weighted by molar-refractivity contribution is 5.75. The third-order valence-corrected chi connectivity index (χ3v) is 3.87. The van der Waals surface area contributed by atoms with Crippen LogP contribution in [-0.4, -0.2) is 36.6 Å². The zero-order chi connectivity index (χ0) is 17.5. The van der Waals surface area contributed by atoms with Crippen LogP contribution in [0.4, 0.5) is 22.0 Å². The molecular weight excluding hydrogens is 327 g/mol. The number of hydrogen-bond acceptors (Lipinski definition) is 3. The molecule has 1 N–H and O–H groups in total. The van der Waals surface area contributed by atoms with Gasteiger partial charge in [0.15, 0.2) is 23.8 Å². The molecule has 128 valence electrons. The van der Waals surface area contributed by atoms with E-state index in [0.29, 0.717) is 6.07 Å². The van der Waals surface area contributed by atoms with Crippen molar-refractivity contribution in [2.75, 3.05) is 7.11 Å². The van der Waals surface area contributed by atoms with Gasteiger partial charge in [0.25, 0.3) is 0 Å². The first-order chi connectivity index (χ1) is 10.6. The van der Waals surface area contributed by atoms with Crippen molar-refractivity contribution in [2.45, 2.75) is 31.2 Å². The number of alkyl halides is 3. The second-order valence-corrected chi connectivity index (χ2v) is 5.23. The quantitative estimate of drug-likeness (QED) is 0.859. The summed E-state index contributed by atoms with van der Waals surface area (Å²) in [5, 5.41) is 9.13. The van der Waals surface area contributed by atoms with Crippen LogP contribution in [0.25, 0.3) is 0 Å². The molecule has 1 fully saturated rings. The molecule has 0 bridgehead atoms. The van der Waals surface area contributed by atoms with Gasteiger partial charge in [0.2, 0.25) is 5.82 Å². The largest absolute Gasteiger partial charge is 0.493 e. The summed E-state index contributed by atoms with van der Waals surface area (Å²) in [5.74, 6) is -7.56. The molecule has 1 aliphatic heterocycles. The zero-order valence-corrected chi connectivity index (χ0v) is 12.0. The molecule has 0 spiro atoms. The summed E-state index contributed by atoms with van der Waals surface area (Å²) in [4.78, 5) is 11.3. The van der Waals surface area contributed by atoms with Gasteiger partial charge in [-0.3, -0.25) is 0 Å². The Hall–Kier alpha value is -1.90. The molecule has 0 amide bonds. The van der Waals surface area contributed by atoms with Gasteiger partial charge in [-0.25, -0.2) is 9.18 Å². The topological polar surface area (TPSA) is 55.8 Å². The van der Waals surface area contributed by atoms with Crippen LogP contribution in [-0.2, 0) is 9.53 Å². The summed E-state index contributed by atoms with van der Waals surface area (Å²) < 4.78 is 75.4. The number of halogens is 5. The first kappa shape index (κ1) is 17.5. The van der Waals surface area contributed by atoms with E-state index in [4.69, 9.17) is 9.84 Å². The summed E-state index contributed by atoms with van der Waals surface area (Å²) in [7, 11) is 1.01. The molecule has 9 heteroatoms. The Kier molecular flexibility index (Phi) is 4.52. The fourth-order valence-corrected chi connectivity index (χ4v) is 2.88. The number of carbonyl (C=O) groups is 1. The number of methoxy groups -OCH3 is 1. The third kappa shape index (κ3) is 2.97. The predicted octanol–water partition coefficient (Wildman–Crippen LogP) is 3.11. The van der Waals surface area contributed by atoms with Crippen molar-refractivity contribution < 1.29 is 41.3 Å². The molecule has 1 aromatic rings. The summed E-state index contributed by atoms with van der Waals surface area (Å²) in [6.45, 7) is 1.15. The Balaban J connectivity index is 2.56. The molecule has 4 atom stereocenters. The molecule has 2 rings (SSSR count). The van der Waals surface area contributed by atoms with Crippen molar-refractivity contribution in [3.8, 4) is 5.75 Å². The van der Waals surface area contributed by atoms with Crippen LogP contribution < -0.4 is 4.74 Å². The highest BCUT2D eigenvalue weighted by Gasteiger charge is 2.57. The number of hydrogen-bond donors (Lipinski definition) is 1. The van der Waals surface area contributed by atoms with Gasteiger partial charge in [-0.2, -0.15) is 17.6 Å². The Morgan fingerprint density at radius 2 is 1.91 bits per heavy atom. The Bertz CT molecular complexity index is 616. The van der Waals surface area contributed by atoms with Gasteiger partial charge >= 0.3 is 12.1 Å². The normalized spacial score (nSPS) is 28.0. The molecule has 0 aliphatic carbocycles. The molecule has 0 saturated carbocycles. The van der Waals surface area contributed by atoms with Crippen LogP contribution in [0.2, 0.25) is 0 Å². The van der Waals surface area contributed by atoms with Crippen molar-refractivity contribution in [2.24, 2.45) is 5.92 Å². The molecule has 4 unspecified atom stereocenters. The molecule has 4 nitrogen and oxygen atoms in total. The second-order valence-electron chi connectivity index (χ2n) is 5.23. The predicted molar refractivity (Wildman–Crippen MR) is 67.2 cm³/mol. The van der Waals surface area contributed by atoms with Gasteiger partial charge in [-0.15, -0.1) is 0 Å². The van der Waals surface area contributed by atoms with Crippen molar-refractivity contribution in [3.05, 3.63) is 29.3 Å². The van der Waals surface area contributed by atoms with Crippen molar-refractivity contribution in [3.63, 3.8) is 0 Å². The summed E-state index contributed by atoms with van der Waals surface area (Å²) >= 11 is 0. The van der Waals surface area contributed by atoms with Gasteiger partial charge in [-0.1, -0.05) is 13.0 Å². The van der Waals surface area contributed by atoms with Gasteiger partial charge in [0.05, 0.1) is 7.11 Å². The maximum absolute atomic E-state index is 13.8. The van der Waals surface area contributed by atoms with Crippen LogP contribution in [0.1, 0.15) is 18.4 Å². The first-order valence-corrected chi connectivity index (χ1v) is 6.56. The number of rotatable bonds is 3. The number of ether oxygens (including phenoxy) is 2. The highest BCUT2D eigenvalue weighted by atomic mass is 19.4.